The molecule has 0 unspecified atom stereocenters. The van der Waals surface area contributed by atoms with E-state index in [2.05, 4.69) is 0 Å². The Bertz CT molecular complexity index is 623. The first-order valence-electron chi connectivity index (χ1n) is 6.16. The minimum Gasteiger partial charge on any atom is -0.497 e. The number of hydrogen-bond acceptors (Lipinski definition) is 3. The van der Waals surface area contributed by atoms with Crippen LogP contribution in [0.5, 0.6) is 11.5 Å². The van der Waals surface area contributed by atoms with Gasteiger partial charge in [-0.3, -0.25) is 4.79 Å². The molecule has 20 heavy (non-hydrogen) atoms. The Kier molecular flexibility index (Phi) is 4.35. The van der Waals surface area contributed by atoms with Crippen LogP contribution in [0.1, 0.15) is 22.8 Å². The van der Waals surface area contributed by atoms with E-state index in [1.807, 2.05) is 0 Å². The van der Waals surface area contributed by atoms with Crippen LogP contribution in [0.25, 0.3) is 0 Å². The number of benzene rings is 2. The van der Waals surface area contributed by atoms with Gasteiger partial charge in [0.1, 0.15) is 23.9 Å². The fourth-order valence-corrected chi connectivity index (χ4v) is 1.83. The van der Waals surface area contributed by atoms with Crippen LogP contribution < -0.4 is 9.47 Å². The predicted molar refractivity (Wildman–Crippen MR) is 73.7 cm³/mol. The smallest absolute Gasteiger partial charge is 0.163 e. The van der Waals surface area contributed by atoms with Gasteiger partial charge in [-0.1, -0.05) is 12.1 Å². The second-order valence-electron chi connectivity index (χ2n) is 4.34. The van der Waals surface area contributed by atoms with E-state index in [0.717, 1.165) is 0 Å². The first-order valence-corrected chi connectivity index (χ1v) is 6.16. The normalized spacial score (nSPS) is 10.2. The van der Waals surface area contributed by atoms with Gasteiger partial charge in [-0.25, -0.2) is 4.39 Å². The van der Waals surface area contributed by atoms with Crippen LogP contribution in [0.2, 0.25) is 0 Å². The standard InChI is InChI=1S/C16H15FO3/c1-11(18)15-7-6-14(19-2)9-16(15)20-10-12-4-3-5-13(17)8-12/h3-9H,10H2,1-2H3. The van der Waals surface area contributed by atoms with E-state index in [1.165, 1.54) is 19.1 Å². The monoisotopic (exact) mass is 274 g/mol. The van der Waals surface area contributed by atoms with E-state index >= 15 is 0 Å². The SMILES string of the molecule is COc1ccc(C(C)=O)c(OCc2cccc(F)c2)c1. The van der Waals surface area contributed by atoms with Crippen LogP contribution in [0, 0.1) is 5.82 Å². The number of rotatable bonds is 5. The molecule has 0 aliphatic rings. The zero-order valence-electron chi connectivity index (χ0n) is 11.4. The highest BCUT2D eigenvalue weighted by atomic mass is 19.1. The van der Waals surface area contributed by atoms with Crippen molar-refractivity contribution in [3.8, 4) is 11.5 Å². The molecule has 0 saturated heterocycles. The van der Waals surface area contributed by atoms with Crippen molar-refractivity contribution in [1.29, 1.82) is 0 Å². The van der Waals surface area contributed by atoms with E-state index < -0.39 is 0 Å². The van der Waals surface area contributed by atoms with Crippen molar-refractivity contribution in [1.82, 2.24) is 0 Å². The third-order valence-corrected chi connectivity index (χ3v) is 2.85. The molecule has 2 aromatic rings. The fraction of sp³-hybridized carbons (Fsp3) is 0.188. The molecule has 4 heteroatoms. The van der Waals surface area contributed by atoms with Crippen LogP contribution in [-0.4, -0.2) is 12.9 Å². The maximum absolute atomic E-state index is 13.1. The highest BCUT2D eigenvalue weighted by Crippen LogP contribution is 2.26. The highest BCUT2D eigenvalue weighted by molar-refractivity contribution is 5.97. The molecule has 2 aromatic carbocycles. The molecule has 0 saturated carbocycles. The third kappa shape index (κ3) is 3.35. The van der Waals surface area contributed by atoms with Gasteiger partial charge in [0, 0.05) is 6.07 Å². The molecule has 0 spiro atoms. The van der Waals surface area contributed by atoms with Crippen molar-refractivity contribution in [2.24, 2.45) is 0 Å². The first kappa shape index (κ1) is 14.1. The first-order chi connectivity index (χ1) is 9.60. The Labute approximate surface area is 117 Å². The van der Waals surface area contributed by atoms with Gasteiger partial charge in [0.15, 0.2) is 5.78 Å². The van der Waals surface area contributed by atoms with Crippen LogP contribution in [-0.2, 0) is 6.61 Å². The van der Waals surface area contributed by atoms with Crippen LogP contribution >= 0.6 is 0 Å². The van der Waals surface area contributed by atoms with Gasteiger partial charge in [-0.05, 0) is 36.8 Å². The number of halogens is 1. The summed E-state index contributed by atoms with van der Waals surface area (Å²) < 4.78 is 23.8. The molecule has 0 atom stereocenters. The second-order valence-corrected chi connectivity index (χ2v) is 4.34. The summed E-state index contributed by atoms with van der Waals surface area (Å²) >= 11 is 0. The number of ether oxygens (including phenoxy) is 2. The summed E-state index contributed by atoms with van der Waals surface area (Å²) in [5.41, 5.74) is 1.17. The summed E-state index contributed by atoms with van der Waals surface area (Å²) in [7, 11) is 1.54. The Morgan fingerprint density at radius 1 is 1.20 bits per heavy atom. The summed E-state index contributed by atoms with van der Waals surface area (Å²) in [6.45, 7) is 1.65. The zero-order valence-corrected chi connectivity index (χ0v) is 11.4. The maximum atomic E-state index is 13.1. The molecule has 0 fully saturated rings. The van der Waals surface area contributed by atoms with Gasteiger partial charge in [0.25, 0.3) is 0 Å². The molecule has 104 valence electrons. The molecule has 0 heterocycles. The van der Waals surface area contributed by atoms with E-state index in [0.29, 0.717) is 22.6 Å². The summed E-state index contributed by atoms with van der Waals surface area (Å²) in [5.74, 6) is 0.621. The van der Waals surface area contributed by atoms with Crippen LogP contribution in [0.15, 0.2) is 42.5 Å². The van der Waals surface area contributed by atoms with E-state index in [4.69, 9.17) is 9.47 Å². The Morgan fingerprint density at radius 3 is 2.65 bits per heavy atom. The third-order valence-electron chi connectivity index (χ3n) is 2.85. The number of methoxy groups -OCH3 is 1. The Morgan fingerprint density at radius 2 is 2.00 bits per heavy atom. The molecular formula is C16H15FO3. The summed E-state index contributed by atoms with van der Waals surface area (Å²) in [4.78, 5) is 11.6. The van der Waals surface area contributed by atoms with E-state index in [9.17, 15) is 9.18 Å². The van der Waals surface area contributed by atoms with Crippen molar-refractivity contribution in [2.75, 3.05) is 7.11 Å². The predicted octanol–water partition coefficient (Wildman–Crippen LogP) is 3.62. The lowest BCUT2D eigenvalue weighted by molar-refractivity contribution is 0.101. The fourth-order valence-electron chi connectivity index (χ4n) is 1.83. The molecule has 3 nitrogen and oxygen atoms in total. The van der Waals surface area contributed by atoms with Gasteiger partial charge in [0.05, 0.1) is 12.7 Å². The lowest BCUT2D eigenvalue weighted by Gasteiger charge is -2.11. The minimum absolute atomic E-state index is 0.0955. The average Bonchev–Trinajstić information content (AvgIpc) is 2.44. The lowest BCUT2D eigenvalue weighted by Crippen LogP contribution is -2.02. The van der Waals surface area contributed by atoms with E-state index in [-0.39, 0.29) is 18.2 Å². The second kappa shape index (κ2) is 6.19. The van der Waals surface area contributed by atoms with Crippen LogP contribution in [0.3, 0.4) is 0 Å². The summed E-state index contributed by atoms with van der Waals surface area (Å²) in [6.07, 6.45) is 0. The van der Waals surface area contributed by atoms with Crippen molar-refractivity contribution >= 4 is 5.78 Å². The Balaban J connectivity index is 2.21. The van der Waals surface area contributed by atoms with Crippen molar-refractivity contribution < 1.29 is 18.7 Å². The minimum atomic E-state index is -0.316. The lowest BCUT2D eigenvalue weighted by atomic mass is 10.1. The van der Waals surface area contributed by atoms with Crippen molar-refractivity contribution in [3.63, 3.8) is 0 Å². The van der Waals surface area contributed by atoms with Crippen LogP contribution in [0.4, 0.5) is 4.39 Å². The van der Waals surface area contributed by atoms with Crippen molar-refractivity contribution in [3.05, 3.63) is 59.4 Å². The summed E-state index contributed by atoms with van der Waals surface area (Å²) in [6, 6.07) is 11.1. The molecule has 0 aliphatic carbocycles. The topological polar surface area (TPSA) is 35.5 Å². The molecule has 0 radical (unpaired) electrons. The molecular weight excluding hydrogens is 259 g/mol. The Hall–Kier alpha value is -2.36. The van der Waals surface area contributed by atoms with Gasteiger partial charge in [0.2, 0.25) is 0 Å². The largest absolute Gasteiger partial charge is 0.497 e. The van der Waals surface area contributed by atoms with Gasteiger partial charge >= 0.3 is 0 Å². The van der Waals surface area contributed by atoms with Gasteiger partial charge in [-0.2, -0.15) is 0 Å². The number of Topliss-reactive ketones (excluding diaryl/α,β-unsaturated/α-hetero) is 1. The number of ketones is 1. The highest BCUT2D eigenvalue weighted by Gasteiger charge is 2.10. The molecule has 0 amide bonds. The number of carbonyl (C=O) groups excluding carboxylic acids is 1. The maximum Gasteiger partial charge on any atom is 0.163 e. The van der Waals surface area contributed by atoms with Gasteiger partial charge < -0.3 is 9.47 Å². The number of carbonyl (C=O) groups is 1. The van der Waals surface area contributed by atoms with Crippen molar-refractivity contribution in [2.45, 2.75) is 13.5 Å². The molecule has 0 N–H and O–H groups in total. The average molecular weight is 274 g/mol. The number of hydrogen-bond donors (Lipinski definition) is 0. The molecule has 2 rings (SSSR count). The molecule has 0 bridgehead atoms. The quantitative estimate of drug-likeness (QED) is 0.781. The molecule has 0 aromatic heterocycles. The zero-order chi connectivity index (χ0) is 14.5. The van der Waals surface area contributed by atoms with E-state index in [1.54, 1.807) is 37.4 Å². The van der Waals surface area contributed by atoms with Gasteiger partial charge in [-0.15, -0.1) is 0 Å². The summed E-state index contributed by atoms with van der Waals surface area (Å²) in [5, 5.41) is 0. The molecule has 0 aliphatic heterocycles.